The monoisotopic (exact) mass is 768 g/mol. The summed E-state index contributed by atoms with van der Waals surface area (Å²) in [6.45, 7) is -2.03. The molecule has 9 atom stereocenters. The summed E-state index contributed by atoms with van der Waals surface area (Å²) in [4.78, 5) is 25.7. The molecule has 298 valence electrons. The molecule has 0 bridgehead atoms. The van der Waals surface area contributed by atoms with Crippen molar-refractivity contribution in [1.29, 1.82) is 0 Å². The summed E-state index contributed by atoms with van der Waals surface area (Å²) in [5, 5.41) is 75.2. The first-order valence-corrected chi connectivity index (χ1v) is 16.1. The van der Waals surface area contributed by atoms with Crippen LogP contribution in [-0.4, -0.2) is 158 Å². The summed E-state index contributed by atoms with van der Waals surface area (Å²) in [5.74, 6) is -4.37. The minimum atomic E-state index is -2.56. The second kappa shape index (κ2) is 18.1. The van der Waals surface area contributed by atoms with Crippen LogP contribution in [0.2, 0.25) is 0 Å². The van der Waals surface area contributed by atoms with Crippen LogP contribution in [0.25, 0.3) is 11.6 Å². The van der Waals surface area contributed by atoms with Gasteiger partial charge in [0.1, 0.15) is 43.2 Å². The Morgan fingerprint density at radius 3 is 1.87 bits per heavy atom. The molecule has 2 aliphatic heterocycles. The summed E-state index contributed by atoms with van der Waals surface area (Å²) in [6, 6.07) is 5.59. The molecule has 7 N–H and O–H groups in total. The Hall–Kier alpha value is -4.70. The van der Waals surface area contributed by atoms with Crippen molar-refractivity contribution >= 4 is 23.6 Å². The Morgan fingerprint density at radius 2 is 1.37 bits per heavy atom. The van der Waals surface area contributed by atoms with Gasteiger partial charge in [0.25, 0.3) is 0 Å². The van der Waals surface area contributed by atoms with Gasteiger partial charge in [0, 0.05) is 12.2 Å². The van der Waals surface area contributed by atoms with E-state index in [9.17, 15) is 45.3 Å². The molecule has 1 unspecified atom stereocenters. The zero-order valence-electron chi connectivity index (χ0n) is 30.1. The lowest BCUT2D eigenvalue weighted by atomic mass is 9.89. The fourth-order valence-corrected chi connectivity index (χ4v) is 5.91. The van der Waals surface area contributed by atoms with E-state index in [1.54, 1.807) is 0 Å². The van der Waals surface area contributed by atoms with E-state index >= 15 is 0 Å². The van der Waals surface area contributed by atoms with Gasteiger partial charge in [0.2, 0.25) is 17.3 Å². The zero-order chi connectivity index (χ0) is 39.9. The van der Waals surface area contributed by atoms with Gasteiger partial charge in [-0.3, -0.25) is 0 Å². The van der Waals surface area contributed by atoms with Crippen molar-refractivity contribution in [2.24, 2.45) is 0 Å². The third kappa shape index (κ3) is 8.49. The van der Waals surface area contributed by atoms with E-state index in [4.69, 9.17) is 47.4 Å². The van der Waals surface area contributed by atoms with E-state index < -0.39 is 85.7 Å². The number of rotatable bonds is 15. The van der Waals surface area contributed by atoms with Crippen molar-refractivity contribution in [1.82, 2.24) is 0 Å². The first-order chi connectivity index (χ1) is 25.8. The Morgan fingerprint density at radius 1 is 0.778 bits per heavy atom. The fourth-order valence-electron chi connectivity index (χ4n) is 5.91. The molecule has 0 aliphatic carbocycles. The van der Waals surface area contributed by atoms with Crippen molar-refractivity contribution < 1.29 is 92.7 Å². The highest BCUT2D eigenvalue weighted by Gasteiger charge is 2.61. The number of aromatic hydroxyl groups is 1. The van der Waals surface area contributed by atoms with Gasteiger partial charge in [-0.1, -0.05) is 0 Å². The van der Waals surface area contributed by atoms with Crippen LogP contribution in [0.4, 0.5) is 0 Å². The molecule has 2 fully saturated rings. The highest BCUT2D eigenvalue weighted by molar-refractivity contribution is 5.93. The van der Waals surface area contributed by atoms with Gasteiger partial charge in [-0.2, -0.15) is 0 Å². The van der Waals surface area contributed by atoms with Crippen molar-refractivity contribution in [2.75, 3.05) is 55.9 Å². The van der Waals surface area contributed by atoms with Crippen LogP contribution in [0.1, 0.15) is 11.1 Å². The van der Waals surface area contributed by atoms with Crippen LogP contribution in [0.5, 0.6) is 34.5 Å². The van der Waals surface area contributed by atoms with Gasteiger partial charge in [-0.15, -0.1) is 0 Å². The van der Waals surface area contributed by atoms with Gasteiger partial charge in [0.05, 0.1) is 49.3 Å². The molecule has 19 heteroatoms. The largest absolute Gasteiger partial charge is 0.502 e. The number of benzene rings is 2. The SMILES string of the molecule is COC(=O)C=C(c1cc(OC)c(O)c(OC)c1)C1O[C@H](O[C@@]2(CO)O[C@H](CO)[C@@H](O)[C@@H]2OC(=O)C=Cc2cc(OC)c(OC)c(OC)c2)[C@H](O)[C@@H](O)[C@@H]1O. The molecule has 2 saturated heterocycles. The van der Waals surface area contributed by atoms with Crippen molar-refractivity contribution in [3.63, 3.8) is 0 Å². The minimum Gasteiger partial charge on any atom is -0.502 e. The van der Waals surface area contributed by atoms with Gasteiger partial charge < -0.3 is 83.1 Å². The molecule has 0 saturated carbocycles. The number of carbonyl (C=O) groups is 2. The molecule has 2 aliphatic rings. The van der Waals surface area contributed by atoms with Gasteiger partial charge >= 0.3 is 11.9 Å². The maximum atomic E-state index is 13.2. The number of esters is 2. The number of phenolic OH excluding ortho intramolecular Hbond substituents is 1. The number of aliphatic hydroxyl groups excluding tert-OH is 6. The summed E-state index contributed by atoms with van der Waals surface area (Å²) in [5.41, 5.74) is 0.261. The molecular formula is C35H44O19. The van der Waals surface area contributed by atoms with Gasteiger partial charge in [-0.25, -0.2) is 9.59 Å². The van der Waals surface area contributed by atoms with Crippen LogP contribution in [0.3, 0.4) is 0 Å². The van der Waals surface area contributed by atoms with E-state index in [1.165, 1.54) is 65.9 Å². The third-order valence-electron chi connectivity index (χ3n) is 8.70. The lowest BCUT2D eigenvalue weighted by Gasteiger charge is -2.44. The number of ether oxygens (including phenoxy) is 10. The van der Waals surface area contributed by atoms with E-state index in [-0.39, 0.29) is 34.1 Å². The average Bonchev–Trinajstić information content (AvgIpc) is 3.45. The Balaban J connectivity index is 1.69. The van der Waals surface area contributed by atoms with Crippen LogP contribution >= 0.6 is 0 Å². The van der Waals surface area contributed by atoms with Crippen LogP contribution in [-0.2, 0) is 33.3 Å². The number of methoxy groups -OCH3 is 6. The van der Waals surface area contributed by atoms with Crippen LogP contribution < -0.4 is 23.7 Å². The normalized spacial score (nSPS) is 28.4. The maximum Gasteiger partial charge on any atom is 0.331 e. The third-order valence-corrected chi connectivity index (χ3v) is 8.70. The lowest BCUT2D eigenvalue weighted by Crippen LogP contribution is -2.62. The predicted molar refractivity (Wildman–Crippen MR) is 182 cm³/mol. The van der Waals surface area contributed by atoms with E-state index in [0.29, 0.717) is 11.3 Å². The molecule has 19 nitrogen and oxygen atoms in total. The zero-order valence-corrected chi connectivity index (χ0v) is 30.1. The molecule has 0 amide bonds. The molecule has 0 radical (unpaired) electrons. The van der Waals surface area contributed by atoms with E-state index in [1.807, 2.05) is 0 Å². The summed E-state index contributed by atoms with van der Waals surface area (Å²) in [6.07, 6.45) is -11.9. The molecule has 2 aromatic carbocycles. The first-order valence-electron chi connectivity index (χ1n) is 16.1. The standard InChI is InChI=1S/C35H44O19/c1-45-19-11-17(12-20(46-2)26(19)40)18(13-25(39)49-5)31-29(43)28(42)30(44)34(52-31)54-35(15-37)33(27(41)23(14-36)53-35)51-24(38)8-7-16-9-21(47-3)32(50-6)22(10-16)48-4/h7-13,23,27-31,33-34,36-37,40-44H,14-15H2,1-6H3/t23-,27-,28+,29+,30-,31?,33+,34-,35-/m1/s1. The molecule has 0 aromatic heterocycles. The Labute approximate surface area is 309 Å². The number of phenols is 1. The number of carbonyl (C=O) groups excluding carboxylic acids is 2. The second-order valence-corrected chi connectivity index (χ2v) is 11.8. The molecule has 4 rings (SSSR count). The van der Waals surface area contributed by atoms with Crippen LogP contribution in [0.15, 0.2) is 36.4 Å². The van der Waals surface area contributed by atoms with Crippen molar-refractivity contribution in [2.45, 2.75) is 54.8 Å². The molecule has 2 heterocycles. The molecule has 2 aromatic rings. The van der Waals surface area contributed by atoms with E-state index in [0.717, 1.165) is 19.3 Å². The topological polar surface area (TPSA) is 268 Å². The van der Waals surface area contributed by atoms with Crippen molar-refractivity contribution in [3.8, 4) is 34.5 Å². The van der Waals surface area contributed by atoms with E-state index in [2.05, 4.69) is 0 Å². The smallest absolute Gasteiger partial charge is 0.331 e. The first kappa shape index (κ1) is 42.0. The van der Waals surface area contributed by atoms with Gasteiger partial charge in [0.15, 0.2) is 35.4 Å². The molecule has 54 heavy (non-hydrogen) atoms. The second-order valence-electron chi connectivity index (χ2n) is 11.8. The maximum absolute atomic E-state index is 13.2. The number of hydrogen-bond donors (Lipinski definition) is 7. The summed E-state index contributed by atoms with van der Waals surface area (Å²) < 4.78 is 54.0. The Kier molecular flexibility index (Phi) is 14.1. The molecular weight excluding hydrogens is 724 g/mol. The fraction of sp³-hybridized carbons (Fsp3) is 0.486. The quantitative estimate of drug-likeness (QED) is 0.0836. The predicted octanol–water partition coefficient (Wildman–Crippen LogP) is -1.12. The van der Waals surface area contributed by atoms with Crippen molar-refractivity contribution in [3.05, 3.63) is 47.5 Å². The summed E-state index contributed by atoms with van der Waals surface area (Å²) >= 11 is 0. The number of aliphatic hydroxyl groups is 6. The minimum absolute atomic E-state index is 0.0498. The average molecular weight is 769 g/mol. The molecule has 0 spiro atoms. The van der Waals surface area contributed by atoms with Crippen LogP contribution in [0, 0.1) is 0 Å². The lowest BCUT2D eigenvalue weighted by molar-refractivity contribution is -0.377. The highest BCUT2D eigenvalue weighted by Crippen LogP contribution is 2.43. The highest BCUT2D eigenvalue weighted by atomic mass is 16.8. The summed E-state index contributed by atoms with van der Waals surface area (Å²) in [7, 11) is 7.78. The van der Waals surface area contributed by atoms with Gasteiger partial charge in [-0.05, 0) is 47.0 Å². The number of hydrogen-bond acceptors (Lipinski definition) is 19. The Bertz CT molecular complexity index is 1640.